The van der Waals surface area contributed by atoms with E-state index in [1.165, 1.54) is 23.6 Å². The summed E-state index contributed by atoms with van der Waals surface area (Å²) in [6.45, 7) is 0. The number of anilines is 2. The molecule has 1 aliphatic carbocycles. The third-order valence-electron chi connectivity index (χ3n) is 5.63. The van der Waals surface area contributed by atoms with Gasteiger partial charge in [0.2, 0.25) is 0 Å². The Morgan fingerprint density at radius 1 is 0.571 bits per heavy atom. The smallest absolute Gasteiger partial charge is 0.126 e. The number of para-hydroxylation sites is 2. The fraction of sp³-hybridized carbons (Fsp3) is 0.250. The molecule has 2 atom stereocenters. The van der Waals surface area contributed by atoms with Gasteiger partial charge in [-0.25, -0.2) is 9.97 Å². The number of nitrogens with one attached hydrogen (secondary N) is 2. The zero-order chi connectivity index (χ0) is 18.8. The highest BCUT2D eigenvalue weighted by Crippen LogP contribution is 2.26. The van der Waals surface area contributed by atoms with Crippen molar-refractivity contribution >= 4 is 33.4 Å². The van der Waals surface area contributed by atoms with Crippen molar-refractivity contribution in [3.05, 3.63) is 72.8 Å². The van der Waals surface area contributed by atoms with Crippen LogP contribution in [0.25, 0.3) is 21.8 Å². The Bertz CT molecular complexity index is 1020. The molecule has 0 radical (unpaired) electrons. The fourth-order valence-electron chi connectivity index (χ4n) is 4.15. The van der Waals surface area contributed by atoms with Gasteiger partial charge in [0.05, 0.1) is 11.0 Å². The predicted molar refractivity (Wildman–Crippen MR) is 117 cm³/mol. The molecule has 0 bridgehead atoms. The van der Waals surface area contributed by atoms with E-state index in [4.69, 9.17) is 9.97 Å². The van der Waals surface area contributed by atoms with Crippen molar-refractivity contribution in [2.75, 3.05) is 10.6 Å². The van der Waals surface area contributed by atoms with Gasteiger partial charge in [0.1, 0.15) is 11.6 Å². The van der Waals surface area contributed by atoms with Crippen LogP contribution in [-0.2, 0) is 0 Å². The van der Waals surface area contributed by atoms with Crippen LogP contribution in [0.1, 0.15) is 25.7 Å². The maximum absolute atomic E-state index is 4.80. The van der Waals surface area contributed by atoms with Gasteiger partial charge in [-0.2, -0.15) is 0 Å². The highest BCUT2D eigenvalue weighted by Gasteiger charge is 2.25. The molecule has 0 spiro atoms. The summed E-state index contributed by atoms with van der Waals surface area (Å²) in [5.74, 6) is 1.90. The molecular formula is C24H24N4. The van der Waals surface area contributed by atoms with Crippen molar-refractivity contribution in [2.24, 2.45) is 0 Å². The average molecular weight is 368 g/mol. The lowest BCUT2D eigenvalue weighted by Gasteiger charge is -2.33. The molecule has 2 aromatic heterocycles. The van der Waals surface area contributed by atoms with Crippen LogP contribution in [0.2, 0.25) is 0 Å². The molecule has 0 amide bonds. The Morgan fingerprint density at radius 3 is 1.54 bits per heavy atom. The maximum atomic E-state index is 4.80. The first-order valence-corrected chi connectivity index (χ1v) is 10.1. The molecule has 4 heteroatoms. The van der Waals surface area contributed by atoms with E-state index in [1.807, 2.05) is 12.1 Å². The van der Waals surface area contributed by atoms with E-state index in [0.717, 1.165) is 35.5 Å². The molecule has 140 valence electrons. The largest absolute Gasteiger partial charge is 0.365 e. The van der Waals surface area contributed by atoms with Crippen molar-refractivity contribution in [1.82, 2.24) is 9.97 Å². The lowest BCUT2D eigenvalue weighted by atomic mass is 9.90. The Morgan fingerprint density at radius 2 is 1.04 bits per heavy atom. The van der Waals surface area contributed by atoms with Crippen molar-refractivity contribution in [2.45, 2.75) is 37.8 Å². The van der Waals surface area contributed by atoms with Gasteiger partial charge in [0.15, 0.2) is 0 Å². The van der Waals surface area contributed by atoms with Crippen molar-refractivity contribution in [1.29, 1.82) is 0 Å². The lowest BCUT2D eigenvalue weighted by molar-refractivity contribution is 0.422. The van der Waals surface area contributed by atoms with E-state index < -0.39 is 0 Å². The Labute approximate surface area is 165 Å². The van der Waals surface area contributed by atoms with Gasteiger partial charge in [-0.1, -0.05) is 49.2 Å². The number of nitrogens with zero attached hydrogens (tertiary/aromatic N) is 2. The van der Waals surface area contributed by atoms with Gasteiger partial charge in [-0.15, -0.1) is 0 Å². The number of hydrogen-bond donors (Lipinski definition) is 2. The lowest BCUT2D eigenvalue weighted by Crippen LogP contribution is -2.42. The molecule has 1 aliphatic rings. The van der Waals surface area contributed by atoms with E-state index in [9.17, 15) is 0 Å². The minimum Gasteiger partial charge on any atom is -0.365 e. The maximum Gasteiger partial charge on any atom is 0.126 e. The van der Waals surface area contributed by atoms with Crippen LogP contribution >= 0.6 is 0 Å². The summed E-state index contributed by atoms with van der Waals surface area (Å²) in [5.41, 5.74) is 2.06. The third-order valence-corrected chi connectivity index (χ3v) is 5.63. The second kappa shape index (κ2) is 7.47. The van der Waals surface area contributed by atoms with Crippen LogP contribution in [0.3, 0.4) is 0 Å². The number of pyridine rings is 2. The summed E-state index contributed by atoms with van der Waals surface area (Å²) in [7, 11) is 0. The van der Waals surface area contributed by atoms with E-state index in [1.54, 1.807) is 0 Å². The number of fused-ring (bicyclic) bond motifs is 2. The van der Waals surface area contributed by atoms with Gasteiger partial charge in [-0.05, 0) is 49.2 Å². The molecule has 5 rings (SSSR count). The third kappa shape index (κ3) is 3.50. The zero-order valence-electron chi connectivity index (χ0n) is 15.8. The molecule has 1 saturated carbocycles. The van der Waals surface area contributed by atoms with Gasteiger partial charge < -0.3 is 10.6 Å². The molecule has 0 saturated heterocycles. The van der Waals surface area contributed by atoms with Gasteiger partial charge in [0, 0.05) is 22.9 Å². The monoisotopic (exact) mass is 368 g/mol. The normalized spacial score (nSPS) is 19.6. The zero-order valence-corrected chi connectivity index (χ0v) is 15.8. The van der Waals surface area contributed by atoms with Crippen LogP contribution in [0.4, 0.5) is 11.6 Å². The van der Waals surface area contributed by atoms with E-state index in [2.05, 4.69) is 71.3 Å². The van der Waals surface area contributed by atoms with Crippen LogP contribution in [0.15, 0.2) is 72.8 Å². The number of benzene rings is 2. The fourth-order valence-corrected chi connectivity index (χ4v) is 4.15. The minimum atomic E-state index is 0.343. The molecule has 4 nitrogen and oxygen atoms in total. The highest BCUT2D eigenvalue weighted by molar-refractivity contribution is 5.81. The number of hydrogen-bond acceptors (Lipinski definition) is 4. The van der Waals surface area contributed by atoms with E-state index in [-0.39, 0.29) is 0 Å². The average Bonchev–Trinajstić information content (AvgIpc) is 2.75. The van der Waals surface area contributed by atoms with Crippen molar-refractivity contribution < 1.29 is 0 Å². The van der Waals surface area contributed by atoms with Crippen molar-refractivity contribution in [3.8, 4) is 0 Å². The standard InChI is InChI=1S/C24H24N4/c1-3-9-19-17(7-1)13-15-23(25-19)27-21-11-5-6-12-22(21)28-24-16-14-18-8-2-4-10-20(18)26-24/h1-4,7-10,13-16,21-22H,5-6,11-12H2,(H,25,27)(H,26,28)/t21-,22-/m1/s1. The molecule has 0 unspecified atom stereocenters. The summed E-state index contributed by atoms with van der Waals surface area (Å²) in [5, 5.41) is 9.70. The van der Waals surface area contributed by atoms with Crippen LogP contribution in [0, 0.1) is 0 Å². The Hall–Kier alpha value is -3.14. The van der Waals surface area contributed by atoms with E-state index in [0.29, 0.717) is 12.1 Å². The van der Waals surface area contributed by atoms with Gasteiger partial charge >= 0.3 is 0 Å². The molecule has 2 N–H and O–H groups in total. The summed E-state index contributed by atoms with van der Waals surface area (Å²) < 4.78 is 0. The molecule has 1 fully saturated rings. The molecular weight excluding hydrogens is 344 g/mol. The molecule has 2 heterocycles. The van der Waals surface area contributed by atoms with Crippen LogP contribution in [0.5, 0.6) is 0 Å². The SMILES string of the molecule is c1ccc2nc(N[C@@H]3CCCC[C@H]3Nc3ccc4ccccc4n3)ccc2c1. The molecule has 0 aliphatic heterocycles. The predicted octanol–water partition coefficient (Wildman–Crippen LogP) is 5.62. The molecule has 28 heavy (non-hydrogen) atoms. The van der Waals surface area contributed by atoms with Crippen LogP contribution < -0.4 is 10.6 Å². The molecule has 2 aromatic carbocycles. The topological polar surface area (TPSA) is 49.8 Å². The van der Waals surface area contributed by atoms with Gasteiger partial charge in [-0.3, -0.25) is 0 Å². The first-order chi connectivity index (χ1) is 13.8. The first-order valence-electron chi connectivity index (χ1n) is 10.1. The van der Waals surface area contributed by atoms with Crippen LogP contribution in [-0.4, -0.2) is 22.1 Å². The Kier molecular flexibility index (Phi) is 4.53. The summed E-state index contributed by atoms with van der Waals surface area (Å²) in [6.07, 6.45) is 4.77. The van der Waals surface area contributed by atoms with E-state index >= 15 is 0 Å². The second-order valence-corrected chi connectivity index (χ2v) is 7.56. The van der Waals surface area contributed by atoms with Crippen molar-refractivity contribution in [3.63, 3.8) is 0 Å². The number of rotatable bonds is 4. The number of aromatic nitrogens is 2. The first kappa shape index (κ1) is 17.0. The summed E-state index contributed by atoms with van der Waals surface area (Å²) >= 11 is 0. The highest BCUT2D eigenvalue weighted by atomic mass is 15.1. The summed E-state index contributed by atoms with van der Waals surface area (Å²) in [6, 6.07) is 25.6. The molecule has 4 aromatic rings. The minimum absolute atomic E-state index is 0.343. The second-order valence-electron chi connectivity index (χ2n) is 7.56. The van der Waals surface area contributed by atoms with Gasteiger partial charge in [0.25, 0.3) is 0 Å². The Balaban J connectivity index is 1.36. The quantitative estimate of drug-likeness (QED) is 0.491. The summed E-state index contributed by atoms with van der Waals surface area (Å²) in [4.78, 5) is 9.59.